The van der Waals surface area contributed by atoms with E-state index >= 15 is 0 Å². The first kappa shape index (κ1) is 16.2. The van der Waals surface area contributed by atoms with Crippen LogP contribution in [0.5, 0.6) is 0 Å². The van der Waals surface area contributed by atoms with E-state index in [0.717, 1.165) is 35.2 Å². The van der Waals surface area contributed by atoms with E-state index in [-0.39, 0.29) is 17.9 Å². The third-order valence-electron chi connectivity index (χ3n) is 5.67. The standard InChI is InChI=1S/C18H21N5O2S/c24-17-8-19-3-4-23(17)15-9-26-16-7-20-14(6-11(15)16)18(25)22-13-5-10-1-2-12(13)21-10/h6-7,9-10,12-13,19,21H,1-5,8H2,(H,22,25)/t10-,12+,13-/m1/s1. The number of aromatic nitrogens is 1. The molecule has 7 nitrogen and oxygen atoms in total. The lowest BCUT2D eigenvalue weighted by molar-refractivity contribution is -0.118. The summed E-state index contributed by atoms with van der Waals surface area (Å²) >= 11 is 1.55. The van der Waals surface area contributed by atoms with Gasteiger partial charge in [-0.3, -0.25) is 9.59 Å². The number of anilines is 1. The molecule has 3 saturated heterocycles. The highest BCUT2D eigenvalue weighted by atomic mass is 32.1. The fraction of sp³-hybridized carbons (Fsp3) is 0.500. The van der Waals surface area contributed by atoms with Crippen molar-refractivity contribution in [2.45, 2.75) is 37.4 Å². The molecule has 5 rings (SSSR count). The van der Waals surface area contributed by atoms with Crippen molar-refractivity contribution >= 4 is 38.9 Å². The van der Waals surface area contributed by atoms with Gasteiger partial charge < -0.3 is 20.9 Å². The second-order valence-corrected chi connectivity index (χ2v) is 8.18. The molecule has 0 unspecified atom stereocenters. The lowest BCUT2D eigenvalue weighted by Crippen LogP contribution is -2.48. The molecule has 8 heteroatoms. The number of hydrogen-bond acceptors (Lipinski definition) is 6. The van der Waals surface area contributed by atoms with Gasteiger partial charge in [-0.25, -0.2) is 4.98 Å². The summed E-state index contributed by atoms with van der Waals surface area (Å²) in [5.74, 6) is -0.0677. The fourth-order valence-electron chi connectivity index (χ4n) is 4.34. The smallest absolute Gasteiger partial charge is 0.270 e. The van der Waals surface area contributed by atoms with Crippen molar-refractivity contribution in [2.24, 2.45) is 0 Å². The highest BCUT2D eigenvalue weighted by molar-refractivity contribution is 7.17. The fourth-order valence-corrected chi connectivity index (χ4v) is 5.24. The number of hydrogen-bond donors (Lipinski definition) is 3. The van der Waals surface area contributed by atoms with Crippen LogP contribution in [-0.4, -0.2) is 54.6 Å². The minimum absolute atomic E-state index is 0.0619. The molecule has 0 saturated carbocycles. The number of carbonyl (C=O) groups is 2. The second kappa shape index (κ2) is 6.29. The first-order valence-electron chi connectivity index (χ1n) is 9.14. The molecule has 2 bridgehead atoms. The first-order valence-corrected chi connectivity index (χ1v) is 10.0. The SMILES string of the molecule is O=C(N[C@@H]1C[C@H]2CC[C@@H]1N2)c1cc2c(N3CCNCC3=O)csc2cn1. The van der Waals surface area contributed by atoms with Gasteiger partial charge in [-0.05, 0) is 25.3 Å². The van der Waals surface area contributed by atoms with Crippen LogP contribution in [0.1, 0.15) is 29.8 Å². The molecule has 0 spiro atoms. The van der Waals surface area contributed by atoms with Gasteiger partial charge in [0.1, 0.15) is 5.69 Å². The Balaban J connectivity index is 1.41. The molecular weight excluding hydrogens is 350 g/mol. The predicted octanol–water partition coefficient (Wildman–Crippen LogP) is 0.855. The molecule has 0 aromatic carbocycles. The summed E-state index contributed by atoms with van der Waals surface area (Å²) in [5, 5.41) is 12.7. The summed E-state index contributed by atoms with van der Waals surface area (Å²) < 4.78 is 0.990. The zero-order valence-electron chi connectivity index (χ0n) is 14.3. The Hall–Kier alpha value is -2.03. The molecule has 2 aromatic heterocycles. The second-order valence-electron chi connectivity index (χ2n) is 7.27. The molecule has 26 heavy (non-hydrogen) atoms. The third kappa shape index (κ3) is 2.69. The number of carbonyl (C=O) groups excluding carboxylic acids is 2. The van der Waals surface area contributed by atoms with Crippen LogP contribution < -0.4 is 20.9 Å². The molecule has 3 aliphatic heterocycles. The van der Waals surface area contributed by atoms with Crippen LogP contribution in [0.15, 0.2) is 17.6 Å². The highest BCUT2D eigenvalue weighted by Crippen LogP contribution is 2.34. The molecular formula is C18H21N5O2S. The van der Waals surface area contributed by atoms with Crippen molar-refractivity contribution in [3.8, 4) is 0 Å². The summed E-state index contributed by atoms with van der Waals surface area (Å²) in [4.78, 5) is 31.1. The monoisotopic (exact) mass is 371 g/mol. The third-order valence-corrected chi connectivity index (χ3v) is 6.59. The van der Waals surface area contributed by atoms with Crippen molar-refractivity contribution < 1.29 is 9.59 Å². The Labute approximate surface area is 155 Å². The quantitative estimate of drug-likeness (QED) is 0.745. The van der Waals surface area contributed by atoms with Crippen molar-refractivity contribution in [3.05, 3.63) is 23.3 Å². The maximum atomic E-state index is 12.7. The number of rotatable bonds is 3. The number of pyridine rings is 1. The van der Waals surface area contributed by atoms with E-state index in [1.54, 1.807) is 22.4 Å². The van der Waals surface area contributed by atoms with Crippen LogP contribution in [0, 0.1) is 0 Å². The molecule has 3 atom stereocenters. The minimum Gasteiger partial charge on any atom is -0.346 e. The van der Waals surface area contributed by atoms with Crippen molar-refractivity contribution in [1.82, 2.24) is 20.9 Å². The molecule has 136 valence electrons. The van der Waals surface area contributed by atoms with E-state index in [1.165, 1.54) is 6.42 Å². The summed E-state index contributed by atoms with van der Waals surface area (Å²) in [6.07, 6.45) is 5.07. The van der Waals surface area contributed by atoms with E-state index in [1.807, 2.05) is 11.4 Å². The van der Waals surface area contributed by atoms with Gasteiger partial charge in [0.15, 0.2) is 0 Å². The van der Waals surface area contributed by atoms with Gasteiger partial charge >= 0.3 is 0 Å². The number of nitrogens with zero attached hydrogens (tertiary/aromatic N) is 2. The number of piperazine rings is 1. The van der Waals surface area contributed by atoms with Gasteiger partial charge in [-0.15, -0.1) is 11.3 Å². The molecule has 2 aromatic rings. The molecule has 5 heterocycles. The topological polar surface area (TPSA) is 86.4 Å². The molecule has 3 fully saturated rings. The van der Waals surface area contributed by atoms with Gasteiger partial charge in [0, 0.05) is 48.2 Å². The van der Waals surface area contributed by atoms with E-state index in [9.17, 15) is 9.59 Å². The maximum Gasteiger partial charge on any atom is 0.270 e. The summed E-state index contributed by atoms with van der Waals surface area (Å²) in [6.45, 7) is 1.77. The number of thiophene rings is 1. The van der Waals surface area contributed by atoms with Crippen LogP contribution in [0.2, 0.25) is 0 Å². The van der Waals surface area contributed by atoms with Crippen LogP contribution >= 0.6 is 11.3 Å². The maximum absolute atomic E-state index is 12.7. The van der Waals surface area contributed by atoms with Crippen LogP contribution in [0.25, 0.3) is 10.1 Å². The zero-order valence-corrected chi connectivity index (χ0v) is 15.1. The van der Waals surface area contributed by atoms with Crippen LogP contribution in [-0.2, 0) is 4.79 Å². The number of amides is 2. The molecule has 3 N–H and O–H groups in total. The van der Waals surface area contributed by atoms with Gasteiger partial charge in [0.2, 0.25) is 5.91 Å². The van der Waals surface area contributed by atoms with Crippen molar-refractivity contribution in [3.63, 3.8) is 0 Å². The number of nitrogens with one attached hydrogen (secondary N) is 3. The lowest BCUT2D eigenvalue weighted by Gasteiger charge is -2.27. The summed E-state index contributed by atoms with van der Waals surface area (Å²) in [6, 6.07) is 2.95. The molecule has 2 amide bonds. The van der Waals surface area contributed by atoms with Crippen molar-refractivity contribution in [2.75, 3.05) is 24.5 Å². The van der Waals surface area contributed by atoms with Crippen LogP contribution in [0.3, 0.4) is 0 Å². The Kier molecular flexibility index (Phi) is 3.91. The summed E-state index contributed by atoms with van der Waals surface area (Å²) in [7, 11) is 0. The highest BCUT2D eigenvalue weighted by Gasteiger charge is 2.39. The predicted molar refractivity (Wildman–Crippen MR) is 101 cm³/mol. The first-order chi connectivity index (χ1) is 12.7. The van der Waals surface area contributed by atoms with E-state index in [4.69, 9.17) is 0 Å². The normalized spacial score (nSPS) is 28.1. The largest absolute Gasteiger partial charge is 0.346 e. The van der Waals surface area contributed by atoms with Gasteiger partial charge in [-0.2, -0.15) is 0 Å². The Bertz CT molecular complexity index is 882. The van der Waals surface area contributed by atoms with Gasteiger partial charge in [-0.1, -0.05) is 0 Å². The molecule has 0 aliphatic carbocycles. The minimum atomic E-state index is -0.130. The Morgan fingerprint density at radius 3 is 3.08 bits per heavy atom. The average molecular weight is 371 g/mol. The van der Waals surface area contributed by atoms with Gasteiger partial charge in [0.25, 0.3) is 5.91 Å². The van der Waals surface area contributed by atoms with E-state index < -0.39 is 0 Å². The average Bonchev–Trinajstić information content (AvgIpc) is 3.37. The van der Waals surface area contributed by atoms with Gasteiger partial charge in [0.05, 0.1) is 16.9 Å². The van der Waals surface area contributed by atoms with E-state index in [2.05, 4.69) is 20.9 Å². The number of fused-ring (bicyclic) bond motifs is 3. The lowest BCUT2D eigenvalue weighted by atomic mass is 9.95. The Morgan fingerprint density at radius 1 is 1.38 bits per heavy atom. The van der Waals surface area contributed by atoms with E-state index in [0.29, 0.717) is 30.9 Å². The zero-order chi connectivity index (χ0) is 17.7. The molecule has 0 radical (unpaired) electrons. The van der Waals surface area contributed by atoms with Crippen molar-refractivity contribution in [1.29, 1.82) is 0 Å². The van der Waals surface area contributed by atoms with Crippen LogP contribution in [0.4, 0.5) is 5.69 Å². The molecule has 3 aliphatic rings. The Morgan fingerprint density at radius 2 is 2.31 bits per heavy atom. The summed E-state index contributed by atoms with van der Waals surface area (Å²) in [5.41, 5.74) is 1.30.